The lowest BCUT2D eigenvalue weighted by atomic mass is 9.83. The lowest BCUT2D eigenvalue weighted by molar-refractivity contribution is 0.425. The summed E-state index contributed by atoms with van der Waals surface area (Å²) in [4.78, 5) is 0. The van der Waals surface area contributed by atoms with Crippen molar-refractivity contribution in [2.75, 3.05) is 0 Å². The molecule has 0 spiro atoms. The molecule has 0 fully saturated rings. The number of hydrogen-bond donors (Lipinski definition) is 0. The molecular weight excluding hydrogens is 201 g/mol. The SMILES string of the molecule is Cc1c(F)c(F)c2c(c1F)CCC(C)C2. The quantitative estimate of drug-likeness (QED) is 0.579. The molecular formula is C12H13F3. The molecule has 0 nitrogen and oxygen atoms in total. The van der Waals surface area contributed by atoms with E-state index < -0.39 is 17.5 Å². The van der Waals surface area contributed by atoms with Gasteiger partial charge < -0.3 is 0 Å². The van der Waals surface area contributed by atoms with E-state index in [2.05, 4.69) is 0 Å². The van der Waals surface area contributed by atoms with Crippen LogP contribution in [0.25, 0.3) is 0 Å². The largest absolute Gasteiger partial charge is 0.206 e. The predicted molar refractivity (Wildman–Crippen MR) is 52.2 cm³/mol. The Labute approximate surface area is 87.1 Å². The maximum Gasteiger partial charge on any atom is 0.164 e. The summed E-state index contributed by atoms with van der Waals surface area (Å²) in [6, 6.07) is 0. The second kappa shape index (κ2) is 3.54. The zero-order valence-corrected chi connectivity index (χ0v) is 8.83. The fourth-order valence-corrected chi connectivity index (χ4v) is 2.20. The van der Waals surface area contributed by atoms with E-state index in [-0.39, 0.29) is 11.1 Å². The minimum atomic E-state index is -1.03. The number of fused-ring (bicyclic) bond motifs is 1. The zero-order valence-electron chi connectivity index (χ0n) is 8.83. The zero-order chi connectivity index (χ0) is 11.2. The normalized spacial score (nSPS) is 20.2. The highest BCUT2D eigenvalue weighted by atomic mass is 19.2. The van der Waals surface area contributed by atoms with Crippen molar-refractivity contribution in [3.8, 4) is 0 Å². The molecule has 0 bridgehead atoms. The van der Waals surface area contributed by atoms with Gasteiger partial charge in [-0.2, -0.15) is 0 Å². The topological polar surface area (TPSA) is 0 Å². The smallest absolute Gasteiger partial charge is 0.164 e. The van der Waals surface area contributed by atoms with E-state index in [1.54, 1.807) is 0 Å². The first kappa shape index (κ1) is 10.5. The molecule has 1 aliphatic carbocycles. The van der Waals surface area contributed by atoms with Gasteiger partial charge in [0.2, 0.25) is 0 Å². The van der Waals surface area contributed by atoms with Crippen LogP contribution in [0.3, 0.4) is 0 Å². The molecule has 0 radical (unpaired) electrons. The van der Waals surface area contributed by atoms with Gasteiger partial charge in [-0.3, -0.25) is 0 Å². The van der Waals surface area contributed by atoms with Crippen molar-refractivity contribution < 1.29 is 13.2 Å². The number of hydrogen-bond acceptors (Lipinski definition) is 0. The molecule has 0 aliphatic heterocycles. The fraction of sp³-hybridized carbons (Fsp3) is 0.500. The molecule has 1 atom stereocenters. The van der Waals surface area contributed by atoms with Crippen molar-refractivity contribution >= 4 is 0 Å². The molecule has 1 aromatic rings. The molecule has 0 saturated carbocycles. The highest BCUT2D eigenvalue weighted by Gasteiger charge is 2.26. The van der Waals surface area contributed by atoms with E-state index in [1.165, 1.54) is 6.92 Å². The summed E-state index contributed by atoms with van der Waals surface area (Å²) in [6.45, 7) is 3.25. The van der Waals surface area contributed by atoms with Crippen molar-refractivity contribution in [1.82, 2.24) is 0 Å². The minimum absolute atomic E-state index is 0.194. The number of rotatable bonds is 0. The summed E-state index contributed by atoms with van der Waals surface area (Å²) < 4.78 is 40.5. The molecule has 82 valence electrons. The standard InChI is InChI=1S/C12H13F3/c1-6-3-4-8-9(5-6)12(15)11(14)7(2)10(8)13/h6H,3-5H2,1-2H3. The third kappa shape index (κ3) is 1.54. The predicted octanol–water partition coefficient (Wildman–Crippen LogP) is 3.54. The van der Waals surface area contributed by atoms with E-state index in [1.807, 2.05) is 6.92 Å². The van der Waals surface area contributed by atoms with Gasteiger partial charge in [0, 0.05) is 5.56 Å². The average molecular weight is 214 g/mol. The molecule has 0 saturated heterocycles. The van der Waals surface area contributed by atoms with Crippen LogP contribution in [0.2, 0.25) is 0 Å². The number of halogens is 3. The van der Waals surface area contributed by atoms with E-state index in [0.717, 1.165) is 6.42 Å². The number of benzene rings is 1. The Bertz CT molecular complexity index is 410. The second-order valence-electron chi connectivity index (χ2n) is 4.37. The molecule has 1 aromatic carbocycles. The molecule has 1 unspecified atom stereocenters. The van der Waals surface area contributed by atoms with Gasteiger partial charge in [0.15, 0.2) is 11.6 Å². The Morgan fingerprint density at radius 3 is 2.33 bits per heavy atom. The highest BCUT2D eigenvalue weighted by Crippen LogP contribution is 2.32. The van der Waals surface area contributed by atoms with Gasteiger partial charge in [-0.15, -0.1) is 0 Å². The van der Waals surface area contributed by atoms with Crippen molar-refractivity contribution in [1.29, 1.82) is 0 Å². The van der Waals surface area contributed by atoms with Crippen LogP contribution < -0.4 is 0 Å². The van der Waals surface area contributed by atoms with Gasteiger partial charge in [0.05, 0.1) is 0 Å². The van der Waals surface area contributed by atoms with Crippen LogP contribution in [0, 0.1) is 30.3 Å². The Kier molecular flexibility index (Phi) is 2.49. The molecule has 3 heteroatoms. The lowest BCUT2D eigenvalue weighted by Crippen LogP contribution is -2.17. The van der Waals surface area contributed by atoms with Gasteiger partial charge in [0.1, 0.15) is 5.82 Å². The van der Waals surface area contributed by atoms with Gasteiger partial charge in [0.25, 0.3) is 0 Å². The van der Waals surface area contributed by atoms with Gasteiger partial charge in [-0.25, -0.2) is 13.2 Å². The van der Waals surface area contributed by atoms with Crippen molar-refractivity contribution in [3.63, 3.8) is 0 Å². The minimum Gasteiger partial charge on any atom is -0.206 e. The first-order valence-electron chi connectivity index (χ1n) is 5.17. The molecule has 0 heterocycles. The van der Waals surface area contributed by atoms with Gasteiger partial charge >= 0.3 is 0 Å². The second-order valence-corrected chi connectivity index (χ2v) is 4.37. The fourth-order valence-electron chi connectivity index (χ4n) is 2.20. The summed E-state index contributed by atoms with van der Waals surface area (Å²) in [6.07, 6.45) is 1.80. The van der Waals surface area contributed by atoms with Crippen molar-refractivity contribution in [2.45, 2.75) is 33.1 Å². The Balaban J connectivity index is 2.65. The Morgan fingerprint density at radius 1 is 1.00 bits per heavy atom. The van der Waals surface area contributed by atoms with E-state index in [4.69, 9.17) is 0 Å². The lowest BCUT2D eigenvalue weighted by Gasteiger charge is -2.23. The monoisotopic (exact) mass is 214 g/mol. The van der Waals surface area contributed by atoms with Crippen LogP contribution in [0.15, 0.2) is 0 Å². The van der Waals surface area contributed by atoms with Crippen LogP contribution in [-0.2, 0) is 12.8 Å². The summed E-state index contributed by atoms with van der Waals surface area (Å²) in [5.74, 6) is -2.14. The van der Waals surface area contributed by atoms with Crippen molar-refractivity contribution in [3.05, 3.63) is 34.1 Å². The third-order valence-electron chi connectivity index (χ3n) is 3.19. The van der Waals surface area contributed by atoms with E-state index in [0.29, 0.717) is 24.3 Å². The van der Waals surface area contributed by atoms with E-state index >= 15 is 0 Å². The van der Waals surface area contributed by atoms with Crippen LogP contribution in [0.4, 0.5) is 13.2 Å². The summed E-state index contributed by atoms with van der Waals surface area (Å²) in [7, 11) is 0. The van der Waals surface area contributed by atoms with Crippen LogP contribution in [0.5, 0.6) is 0 Å². The van der Waals surface area contributed by atoms with Gasteiger partial charge in [-0.1, -0.05) is 6.92 Å². The summed E-state index contributed by atoms with van der Waals surface area (Å²) in [5, 5.41) is 0. The molecule has 2 rings (SSSR count). The Hall–Kier alpha value is -0.990. The third-order valence-corrected chi connectivity index (χ3v) is 3.19. The average Bonchev–Trinajstić information content (AvgIpc) is 2.23. The summed E-state index contributed by atoms with van der Waals surface area (Å²) >= 11 is 0. The first-order chi connectivity index (χ1) is 7.02. The summed E-state index contributed by atoms with van der Waals surface area (Å²) in [5.41, 5.74) is 0.430. The maximum absolute atomic E-state index is 13.6. The first-order valence-corrected chi connectivity index (χ1v) is 5.17. The van der Waals surface area contributed by atoms with Crippen LogP contribution >= 0.6 is 0 Å². The maximum atomic E-state index is 13.6. The highest BCUT2D eigenvalue weighted by molar-refractivity contribution is 5.37. The molecule has 0 N–H and O–H groups in total. The van der Waals surface area contributed by atoms with Crippen molar-refractivity contribution in [2.24, 2.45) is 5.92 Å². The van der Waals surface area contributed by atoms with Crippen LogP contribution in [0.1, 0.15) is 30.0 Å². The molecule has 15 heavy (non-hydrogen) atoms. The molecule has 1 aliphatic rings. The Morgan fingerprint density at radius 2 is 1.67 bits per heavy atom. The molecule has 0 amide bonds. The molecule has 0 aromatic heterocycles. The van der Waals surface area contributed by atoms with Gasteiger partial charge in [-0.05, 0) is 43.2 Å². The van der Waals surface area contributed by atoms with E-state index in [9.17, 15) is 13.2 Å². The van der Waals surface area contributed by atoms with Crippen LogP contribution in [-0.4, -0.2) is 0 Å².